The molecule has 158 valence electrons. The van der Waals surface area contributed by atoms with Crippen LogP contribution >= 0.6 is 11.3 Å². The monoisotopic (exact) mass is 434 g/mol. The average molecular weight is 435 g/mol. The lowest BCUT2D eigenvalue weighted by Crippen LogP contribution is -2.25. The van der Waals surface area contributed by atoms with Gasteiger partial charge in [0.1, 0.15) is 10.8 Å². The lowest BCUT2D eigenvalue weighted by atomic mass is 10.2. The van der Waals surface area contributed by atoms with E-state index in [0.717, 1.165) is 17.1 Å². The molecule has 0 aliphatic carbocycles. The number of para-hydroxylation sites is 1. The SMILES string of the molecule is CCN(Cc1nc2ccccc2c(=O)[nH]1)Cc1nnc(C(=O)Nc2ccc(C)cc2)s1. The van der Waals surface area contributed by atoms with Gasteiger partial charge in [-0.15, -0.1) is 10.2 Å². The van der Waals surface area contributed by atoms with Crippen LogP contribution in [0, 0.1) is 6.92 Å². The second kappa shape index (κ2) is 9.15. The Morgan fingerprint density at radius 2 is 1.87 bits per heavy atom. The van der Waals surface area contributed by atoms with Crippen LogP contribution in [0.4, 0.5) is 5.69 Å². The summed E-state index contributed by atoms with van der Waals surface area (Å²) in [6.45, 7) is 5.70. The lowest BCUT2D eigenvalue weighted by molar-refractivity contribution is 0.102. The Kier molecular flexibility index (Phi) is 6.15. The van der Waals surface area contributed by atoms with E-state index in [1.165, 1.54) is 11.3 Å². The quantitative estimate of drug-likeness (QED) is 0.462. The van der Waals surface area contributed by atoms with Crippen LogP contribution in [-0.4, -0.2) is 37.5 Å². The predicted molar refractivity (Wildman–Crippen MR) is 121 cm³/mol. The van der Waals surface area contributed by atoms with Crippen LogP contribution in [0.3, 0.4) is 0 Å². The topological polar surface area (TPSA) is 104 Å². The van der Waals surface area contributed by atoms with E-state index in [-0.39, 0.29) is 11.5 Å². The number of nitrogens with zero attached hydrogens (tertiary/aromatic N) is 4. The number of hydrogen-bond donors (Lipinski definition) is 2. The number of amides is 1. The van der Waals surface area contributed by atoms with Crippen LogP contribution in [-0.2, 0) is 13.1 Å². The number of anilines is 1. The maximum atomic E-state index is 12.5. The summed E-state index contributed by atoms with van der Waals surface area (Å²) in [7, 11) is 0. The third kappa shape index (κ3) is 5.01. The van der Waals surface area contributed by atoms with Crippen molar-refractivity contribution in [2.24, 2.45) is 0 Å². The average Bonchev–Trinajstić information content (AvgIpc) is 3.24. The Hall–Kier alpha value is -3.43. The van der Waals surface area contributed by atoms with Gasteiger partial charge in [-0.2, -0.15) is 0 Å². The van der Waals surface area contributed by atoms with Crippen molar-refractivity contribution in [1.29, 1.82) is 0 Å². The van der Waals surface area contributed by atoms with Gasteiger partial charge in [0.15, 0.2) is 0 Å². The standard InChI is InChI=1S/C22H22N6O2S/c1-3-28(12-18-24-17-7-5-4-6-16(17)20(29)25-18)13-19-26-27-22(31-19)21(30)23-15-10-8-14(2)9-11-15/h4-11H,3,12-13H2,1-2H3,(H,23,30)(H,24,25,29). The molecule has 2 N–H and O–H groups in total. The van der Waals surface area contributed by atoms with Crippen LogP contribution < -0.4 is 10.9 Å². The molecule has 0 aliphatic heterocycles. The molecular weight excluding hydrogens is 412 g/mol. The first-order valence-electron chi connectivity index (χ1n) is 9.92. The van der Waals surface area contributed by atoms with E-state index in [1.807, 2.05) is 56.3 Å². The van der Waals surface area contributed by atoms with E-state index < -0.39 is 0 Å². The number of rotatable bonds is 7. The molecule has 2 aromatic carbocycles. The van der Waals surface area contributed by atoms with E-state index in [1.54, 1.807) is 6.07 Å². The van der Waals surface area contributed by atoms with Crippen LogP contribution in [0.5, 0.6) is 0 Å². The van der Waals surface area contributed by atoms with Gasteiger partial charge in [0.05, 0.1) is 24.0 Å². The van der Waals surface area contributed by atoms with Crippen LogP contribution in [0.25, 0.3) is 10.9 Å². The van der Waals surface area contributed by atoms with Gasteiger partial charge >= 0.3 is 0 Å². The maximum absolute atomic E-state index is 12.5. The zero-order chi connectivity index (χ0) is 21.8. The van der Waals surface area contributed by atoms with E-state index >= 15 is 0 Å². The highest BCUT2D eigenvalue weighted by Gasteiger charge is 2.16. The van der Waals surface area contributed by atoms with E-state index in [2.05, 4.69) is 30.4 Å². The molecule has 0 unspecified atom stereocenters. The van der Waals surface area contributed by atoms with E-state index in [0.29, 0.717) is 40.5 Å². The number of carbonyl (C=O) groups excluding carboxylic acids is 1. The summed E-state index contributed by atoms with van der Waals surface area (Å²) >= 11 is 1.26. The number of aromatic amines is 1. The number of hydrogen-bond acceptors (Lipinski definition) is 7. The summed E-state index contributed by atoms with van der Waals surface area (Å²) in [6.07, 6.45) is 0. The molecule has 2 heterocycles. The largest absolute Gasteiger partial charge is 0.320 e. The van der Waals surface area contributed by atoms with Crippen LogP contribution in [0.15, 0.2) is 53.3 Å². The molecule has 2 aromatic heterocycles. The fraction of sp³-hybridized carbons (Fsp3) is 0.227. The fourth-order valence-corrected chi connectivity index (χ4v) is 3.90. The van der Waals surface area contributed by atoms with Crippen molar-refractivity contribution in [3.05, 3.63) is 80.3 Å². The molecule has 0 bridgehead atoms. The summed E-state index contributed by atoms with van der Waals surface area (Å²) < 4.78 is 0. The van der Waals surface area contributed by atoms with E-state index in [9.17, 15) is 9.59 Å². The molecule has 9 heteroatoms. The van der Waals surface area contributed by atoms with Gasteiger partial charge in [-0.05, 0) is 37.7 Å². The molecule has 0 aliphatic rings. The molecule has 0 radical (unpaired) electrons. The van der Waals surface area contributed by atoms with Crippen LogP contribution in [0.1, 0.15) is 33.1 Å². The minimum absolute atomic E-state index is 0.150. The predicted octanol–water partition coefficient (Wildman–Crippen LogP) is 3.36. The Labute approximate surface area is 183 Å². The van der Waals surface area contributed by atoms with Crippen molar-refractivity contribution >= 4 is 33.8 Å². The van der Waals surface area contributed by atoms with Crippen molar-refractivity contribution in [1.82, 2.24) is 25.1 Å². The van der Waals surface area contributed by atoms with Gasteiger partial charge in [0.2, 0.25) is 5.01 Å². The number of nitrogens with one attached hydrogen (secondary N) is 2. The summed E-state index contributed by atoms with van der Waals surface area (Å²) in [5.74, 6) is 0.309. The molecule has 0 fully saturated rings. The number of aryl methyl sites for hydroxylation is 1. The van der Waals surface area contributed by atoms with Gasteiger partial charge < -0.3 is 10.3 Å². The zero-order valence-electron chi connectivity index (χ0n) is 17.3. The number of carbonyl (C=O) groups is 1. The lowest BCUT2D eigenvalue weighted by Gasteiger charge is -2.18. The third-order valence-corrected chi connectivity index (χ3v) is 5.72. The number of fused-ring (bicyclic) bond motifs is 1. The molecular formula is C22H22N6O2S. The Bertz CT molecular complexity index is 1260. The fourth-order valence-electron chi connectivity index (χ4n) is 3.12. The van der Waals surface area contributed by atoms with Crippen molar-refractivity contribution in [3.63, 3.8) is 0 Å². The van der Waals surface area contributed by atoms with E-state index in [4.69, 9.17) is 0 Å². The molecule has 4 rings (SSSR count). The third-order valence-electron chi connectivity index (χ3n) is 4.81. The molecule has 1 amide bonds. The van der Waals surface area contributed by atoms with Gasteiger partial charge in [-0.1, -0.05) is 48.1 Å². The smallest absolute Gasteiger partial charge is 0.286 e. The summed E-state index contributed by atoms with van der Waals surface area (Å²) in [6, 6.07) is 14.8. The van der Waals surface area contributed by atoms with Gasteiger partial charge in [-0.25, -0.2) is 4.98 Å². The molecule has 0 saturated heterocycles. The minimum atomic E-state index is -0.281. The number of H-pyrrole nitrogens is 1. The zero-order valence-corrected chi connectivity index (χ0v) is 18.1. The number of aromatic nitrogens is 4. The van der Waals surface area contributed by atoms with Crippen molar-refractivity contribution in [2.75, 3.05) is 11.9 Å². The van der Waals surface area contributed by atoms with Gasteiger partial charge in [0.25, 0.3) is 11.5 Å². The first-order valence-corrected chi connectivity index (χ1v) is 10.7. The van der Waals surface area contributed by atoms with Crippen molar-refractivity contribution in [3.8, 4) is 0 Å². The Morgan fingerprint density at radius 1 is 1.10 bits per heavy atom. The second-order valence-corrected chi connectivity index (χ2v) is 8.22. The molecule has 0 atom stereocenters. The molecule has 4 aromatic rings. The van der Waals surface area contributed by atoms with Crippen molar-refractivity contribution in [2.45, 2.75) is 26.9 Å². The summed E-state index contributed by atoms with van der Waals surface area (Å²) in [5, 5.41) is 12.6. The minimum Gasteiger partial charge on any atom is -0.320 e. The van der Waals surface area contributed by atoms with Crippen LogP contribution in [0.2, 0.25) is 0 Å². The second-order valence-electron chi connectivity index (χ2n) is 7.15. The summed E-state index contributed by atoms with van der Waals surface area (Å²) in [5.41, 5.74) is 2.36. The molecule has 31 heavy (non-hydrogen) atoms. The maximum Gasteiger partial charge on any atom is 0.286 e. The van der Waals surface area contributed by atoms with Crippen molar-refractivity contribution < 1.29 is 4.79 Å². The summed E-state index contributed by atoms with van der Waals surface area (Å²) in [4.78, 5) is 34.2. The first-order chi connectivity index (χ1) is 15.0. The Morgan fingerprint density at radius 3 is 2.65 bits per heavy atom. The molecule has 0 spiro atoms. The van der Waals surface area contributed by atoms with Gasteiger partial charge in [-0.3, -0.25) is 14.5 Å². The van der Waals surface area contributed by atoms with Gasteiger partial charge in [0, 0.05) is 5.69 Å². The Balaban J connectivity index is 1.43. The first kappa shape index (κ1) is 20.8. The highest BCUT2D eigenvalue weighted by Crippen LogP contribution is 2.16. The highest BCUT2D eigenvalue weighted by atomic mass is 32.1. The highest BCUT2D eigenvalue weighted by molar-refractivity contribution is 7.13. The normalized spacial score (nSPS) is 11.2. The molecule has 8 nitrogen and oxygen atoms in total. The number of benzene rings is 2. The molecule has 0 saturated carbocycles.